The van der Waals surface area contributed by atoms with Crippen LogP contribution >= 0.6 is 15.9 Å². The summed E-state index contributed by atoms with van der Waals surface area (Å²) < 4.78 is 17.4. The van der Waals surface area contributed by atoms with Gasteiger partial charge < -0.3 is 14.9 Å². The third-order valence-corrected chi connectivity index (χ3v) is 3.53. The predicted octanol–water partition coefficient (Wildman–Crippen LogP) is 1.70. The molecule has 0 spiro atoms. The minimum absolute atomic E-state index is 0.315. The summed E-state index contributed by atoms with van der Waals surface area (Å²) in [6.07, 6.45) is 1.61. The first-order chi connectivity index (χ1) is 9.06. The zero-order valence-corrected chi connectivity index (χ0v) is 11.6. The van der Waals surface area contributed by atoms with Crippen molar-refractivity contribution in [3.05, 3.63) is 34.6 Å². The number of fused-ring (bicyclic) bond motifs is 1. The highest BCUT2D eigenvalue weighted by Gasteiger charge is 2.13. The van der Waals surface area contributed by atoms with E-state index in [4.69, 9.17) is 5.73 Å². The first-order valence-electron chi connectivity index (χ1n) is 5.50. The fourth-order valence-electron chi connectivity index (χ4n) is 1.90. The second-order valence-electron chi connectivity index (χ2n) is 4.17. The molecule has 3 rings (SSSR count). The van der Waals surface area contributed by atoms with Gasteiger partial charge in [0.05, 0.1) is 22.1 Å². The molecule has 1 aromatic carbocycles. The topological polar surface area (TPSA) is 74.5 Å². The molecule has 0 amide bonds. The Balaban J connectivity index is 2.15. The van der Waals surface area contributed by atoms with Crippen LogP contribution in [0, 0.1) is 5.82 Å². The van der Waals surface area contributed by atoms with Crippen LogP contribution in [0.1, 0.15) is 5.82 Å². The number of hydrogen-bond donors (Lipinski definition) is 1. The number of halogens is 2. The van der Waals surface area contributed by atoms with Gasteiger partial charge in [-0.3, -0.25) is 0 Å². The molecule has 0 aliphatic rings. The average molecular weight is 325 g/mol. The molecule has 98 valence electrons. The first kappa shape index (κ1) is 12.1. The molecule has 0 radical (unpaired) electrons. The van der Waals surface area contributed by atoms with Gasteiger partial charge in [-0.1, -0.05) is 0 Å². The zero-order valence-electron chi connectivity index (χ0n) is 10.0. The molecule has 0 aliphatic carbocycles. The van der Waals surface area contributed by atoms with Gasteiger partial charge in [0.2, 0.25) is 5.95 Å². The van der Waals surface area contributed by atoms with Crippen molar-refractivity contribution in [1.82, 2.24) is 24.3 Å². The van der Waals surface area contributed by atoms with E-state index in [0.717, 1.165) is 11.3 Å². The van der Waals surface area contributed by atoms with E-state index in [9.17, 15) is 4.39 Å². The highest BCUT2D eigenvalue weighted by atomic mass is 79.9. The lowest BCUT2D eigenvalue weighted by atomic mass is 10.3. The third kappa shape index (κ3) is 1.97. The van der Waals surface area contributed by atoms with Crippen LogP contribution in [0.3, 0.4) is 0 Å². The van der Waals surface area contributed by atoms with E-state index in [1.807, 2.05) is 7.05 Å². The molecule has 6 nitrogen and oxygen atoms in total. The summed E-state index contributed by atoms with van der Waals surface area (Å²) in [5.74, 6) is 0.692. The van der Waals surface area contributed by atoms with Crippen molar-refractivity contribution in [3.63, 3.8) is 0 Å². The molecule has 2 aromatic heterocycles. The quantitative estimate of drug-likeness (QED) is 0.778. The Labute approximate surface area is 116 Å². The van der Waals surface area contributed by atoms with E-state index in [-0.39, 0.29) is 5.82 Å². The third-order valence-electron chi connectivity index (χ3n) is 2.92. The standard InChI is InChI=1S/C11H10BrFN6/c1-18-5-15-17-10(18)4-19-9-2-6(12)7(13)3-8(9)16-11(19)14/h2-3,5H,4H2,1H3,(H2,14,16). The Hall–Kier alpha value is -1.96. The predicted molar refractivity (Wildman–Crippen MR) is 71.9 cm³/mol. The van der Waals surface area contributed by atoms with Crippen LogP contribution in [-0.2, 0) is 13.6 Å². The van der Waals surface area contributed by atoms with Crippen LogP contribution in [0.5, 0.6) is 0 Å². The van der Waals surface area contributed by atoms with Crippen molar-refractivity contribution in [1.29, 1.82) is 0 Å². The van der Waals surface area contributed by atoms with Crippen molar-refractivity contribution in [3.8, 4) is 0 Å². The van der Waals surface area contributed by atoms with Gasteiger partial charge in [0.25, 0.3) is 0 Å². The smallest absolute Gasteiger partial charge is 0.201 e. The second kappa shape index (κ2) is 4.30. The van der Waals surface area contributed by atoms with E-state index in [0.29, 0.717) is 22.5 Å². The molecule has 0 fully saturated rings. The van der Waals surface area contributed by atoms with E-state index >= 15 is 0 Å². The molecule has 3 aromatic rings. The zero-order chi connectivity index (χ0) is 13.6. The highest BCUT2D eigenvalue weighted by Crippen LogP contribution is 2.25. The molecule has 0 aliphatic heterocycles. The van der Waals surface area contributed by atoms with Gasteiger partial charge in [-0.25, -0.2) is 9.37 Å². The van der Waals surface area contributed by atoms with Crippen molar-refractivity contribution in [2.75, 3.05) is 5.73 Å². The molecule has 0 unspecified atom stereocenters. The van der Waals surface area contributed by atoms with Crippen LogP contribution in [0.2, 0.25) is 0 Å². The minimum atomic E-state index is -0.365. The lowest BCUT2D eigenvalue weighted by molar-refractivity contribution is 0.622. The Kier molecular flexibility index (Phi) is 2.74. The van der Waals surface area contributed by atoms with Gasteiger partial charge in [0.15, 0.2) is 5.82 Å². The number of nitrogens with zero attached hydrogens (tertiary/aromatic N) is 5. The van der Waals surface area contributed by atoms with Crippen molar-refractivity contribution >= 4 is 32.9 Å². The normalized spacial score (nSPS) is 11.3. The molecule has 8 heteroatoms. The van der Waals surface area contributed by atoms with Gasteiger partial charge in [-0.2, -0.15) is 0 Å². The number of hydrogen-bond acceptors (Lipinski definition) is 4. The van der Waals surface area contributed by atoms with Crippen LogP contribution in [-0.4, -0.2) is 24.3 Å². The summed E-state index contributed by atoms with van der Waals surface area (Å²) in [4.78, 5) is 4.15. The van der Waals surface area contributed by atoms with Gasteiger partial charge in [-0.15, -0.1) is 10.2 Å². The van der Waals surface area contributed by atoms with Gasteiger partial charge in [0.1, 0.15) is 12.1 Å². The molecule has 0 atom stereocenters. The Morgan fingerprint density at radius 1 is 1.42 bits per heavy atom. The lowest BCUT2D eigenvalue weighted by Gasteiger charge is -2.06. The Morgan fingerprint density at radius 3 is 2.89 bits per heavy atom. The number of aromatic nitrogens is 5. The molecule has 2 N–H and O–H groups in total. The van der Waals surface area contributed by atoms with E-state index in [2.05, 4.69) is 31.1 Å². The highest BCUT2D eigenvalue weighted by molar-refractivity contribution is 9.10. The summed E-state index contributed by atoms with van der Waals surface area (Å²) in [6, 6.07) is 3.01. The summed E-state index contributed by atoms with van der Waals surface area (Å²) in [5.41, 5.74) is 7.14. The number of nitrogens with two attached hydrogens (primary N) is 1. The van der Waals surface area contributed by atoms with Crippen molar-refractivity contribution in [2.45, 2.75) is 6.54 Å². The fourth-order valence-corrected chi connectivity index (χ4v) is 2.23. The number of benzene rings is 1. The SMILES string of the molecule is Cn1cnnc1Cn1c(N)nc2cc(F)c(Br)cc21. The fraction of sp³-hybridized carbons (Fsp3) is 0.182. The van der Waals surface area contributed by atoms with Gasteiger partial charge >= 0.3 is 0 Å². The van der Waals surface area contributed by atoms with Crippen LogP contribution in [0.15, 0.2) is 22.9 Å². The maximum absolute atomic E-state index is 13.5. The molecule has 19 heavy (non-hydrogen) atoms. The van der Waals surface area contributed by atoms with Crippen LogP contribution < -0.4 is 5.73 Å². The van der Waals surface area contributed by atoms with Crippen LogP contribution in [0.25, 0.3) is 11.0 Å². The van der Waals surface area contributed by atoms with Crippen molar-refractivity contribution < 1.29 is 4.39 Å². The largest absolute Gasteiger partial charge is 0.369 e. The second-order valence-corrected chi connectivity index (χ2v) is 5.02. The maximum Gasteiger partial charge on any atom is 0.201 e. The molecule has 0 saturated heterocycles. The number of imidazole rings is 1. The summed E-state index contributed by atoms with van der Waals surface area (Å²) in [7, 11) is 1.85. The molecular weight excluding hydrogens is 315 g/mol. The number of nitrogen functional groups attached to an aromatic ring is 1. The van der Waals surface area contributed by atoms with Gasteiger partial charge in [-0.05, 0) is 22.0 Å². The first-order valence-corrected chi connectivity index (χ1v) is 6.29. The molecule has 0 saturated carbocycles. The van der Waals surface area contributed by atoms with Gasteiger partial charge in [0, 0.05) is 13.1 Å². The number of rotatable bonds is 2. The lowest BCUT2D eigenvalue weighted by Crippen LogP contribution is -2.08. The molecular formula is C11H10BrFN6. The van der Waals surface area contributed by atoms with Crippen molar-refractivity contribution in [2.24, 2.45) is 7.05 Å². The van der Waals surface area contributed by atoms with Crippen LogP contribution in [0.4, 0.5) is 10.3 Å². The van der Waals surface area contributed by atoms with E-state index in [1.165, 1.54) is 6.07 Å². The number of aryl methyl sites for hydroxylation is 1. The average Bonchev–Trinajstić information content (AvgIpc) is 2.88. The summed E-state index contributed by atoms with van der Waals surface area (Å²) in [6.45, 7) is 0.427. The maximum atomic E-state index is 13.5. The van der Waals surface area contributed by atoms with E-state index in [1.54, 1.807) is 21.5 Å². The minimum Gasteiger partial charge on any atom is -0.369 e. The number of anilines is 1. The summed E-state index contributed by atoms with van der Waals surface area (Å²) >= 11 is 3.16. The Morgan fingerprint density at radius 2 is 2.21 bits per heavy atom. The monoisotopic (exact) mass is 324 g/mol. The summed E-state index contributed by atoms with van der Waals surface area (Å²) in [5, 5.41) is 7.81. The Bertz CT molecular complexity index is 762. The molecule has 0 bridgehead atoms. The van der Waals surface area contributed by atoms with E-state index < -0.39 is 0 Å². The molecule has 2 heterocycles.